The van der Waals surface area contributed by atoms with Gasteiger partial charge in [-0.1, -0.05) is 53.7 Å². The van der Waals surface area contributed by atoms with Crippen LogP contribution in [-0.2, 0) is 19.4 Å². The van der Waals surface area contributed by atoms with Gasteiger partial charge in [0.05, 0.1) is 17.3 Å². The van der Waals surface area contributed by atoms with Crippen molar-refractivity contribution in [1.29, 1.82) is 0 Å². The minimum Gasteiger partial charge on any atom is -0.494 e. The van der Waals surface area contributed by atoms with Crippen molar-refractivity contribution >= 4 is 27.3 Å². The summed E-state index contributed by atoms with van der Waals surface area (Å²) in [7, 11) is -3.83. The number of azide groups is 1. The van der Waals surface area contributed by atoms with E-state index in [-0.39, 0.29) is 36.1 Å². The van der Waals surface area contributed by atoms with E-state index in [9.17, 15) is 18.7 Å². The highest BCUT2D eigenvalue weighted by atomic mass is 32.2. The summed E-state index contributed by atoms with van der Waals surface area (Å²) in [6.07, 6.45) is 0.618. The lowest BCUT2D eigenvalue weighted by atomic mass is 9.84. The van der Waals surface area contributed by atoms with Gasteiger partial charge in [0.2, 0.25) is 5.90 Å². The molecule has 0 aliphatic carbocycles. The van der Waals surface area contributed by atoms with E-state index in [2.05, 4.69) is 27.5 Å². The van der Waals surface area contributed by atoms with E-state index in [1.54, 1.807) is 72.8 Å². The average Bonchev–Trinajstić information content (AvgIpc) is 3.42. The van der Waals surface area contributed by atoms with Crippen LogP contribution < -0.4 is 15.6 Å². The summed E-state index contributed by atoms with van der Waals surface area (Å²) in [5.74, 6) is -0.410. The second-order valence-electron chi connectivity index (χ2n) is 9.54. The summed E-state index contributed by atoms with van der Waals surface area (Å²) >= 11 is 0. The van der Waals surface area contributed by atoms with Crippen molar-refractivity contribution in [3.63, 3.8) is 0 Å². The zero-order chi connectivity index (χ0) is 30.7. The second-order valence-corrected chi connectivity index (χ2v) is 11.7. The zero-order valence-corrected chi connectivity index (χ0v) is 24.1. The highest BCUT2D eigenvalue weighted by Crippen LogP contribution is 2.45. The predicted octanol–water partition coefficient (Wildman–Crippen LogP) is 4.32. The largest absolute Gasteiger partial charge is 0.494 e. The standard InChI is InChI=1S/C30H32N6O6S/c1-2-18-32-35-29(38)30(17-21-43(39,40)24-9-4-3-5-10-24)27(25-11-6-7-12-26(25)34-36-31)42-28(33-30)22-13-15-23(16-14-22)41-20-8-19-37/h2-7,9-16,27,32,37H,1,8,17-21H2,(H,35,38)/t27-,30-/m0/s1. The molecular formula is C30H32N6O6S. The smallest absolute Gasteiger partial charge is 0.266 e. The molecule has 1 heterocycles. The molecular weight excluding hydrogens is 572 g/mol. The van der Waals surface area contributed by atoms with Gasteiger partial charge in [0, 0.05) is 47.7 Å². The summed E-state index contributed by atoms with van der Waals surface area (Å²) in [5.41, 5.74) is 13.9. The number of hydrogen-bond acceptors (Lipinski definition) is 9. The first-order chi connectivity index (χ1) is 20.8. The van der Waals surface area contributed by atoms with Gasteiger partial charge in [0.15, 0.2) is 21.5 Å². The molecule has 4 rings (SSSR count). The number of amides is 1. The molecule has 1 aliphatic rings. The van der Waals surface area contributed by atoms with E-state index in [1.807, 2.05) is 0 Å². The topological polar surface area (TPSA) is 175 Å². The number of benzene rings is 3. The fraction of sp³-hybridized carbons (Fsp3) is 0.267. The number of ether oxygens (including phenoxy) is 2. The van der Waals surface area contributed by atoms with Crippen LogP contribution in [0, 0.1) is 0 Å². The first kappa shape index (κ1) is 31.3. The van der Waals surface area contributed by atoms with E-state index in [1.165, 1.54) is 12.1 Å². The van der Waals surface area contributed by atoms with Crippen LogP contribution in [0.15, 0.2) is 107 Å². The van der Waals surface area contributed by atoms with Gasteiger partial charge in [-0.25, -0.2) is 18.8 Å². The minimum atomic E-state index is -3.83. The molecule has 3 N–H and O–H groups in total. The maximum absolute atomic E-state index is 14.0. The SMILES string of the molecule is C=CCNNC(=O)[C@@]1(CCS(=O)(=O)c2ccccc2)N=C(c2ccc(OCCCO)cc2)O[C@H]1c1ccccc1N=[N+]=[N-]. The molecule has 3 aromatic rings. The van der Waals surface area contributed by atoms with Gasteiger partial charge < -0.3 is 14.6 Å². The molecule has 1 amide bonds. The molecule has 0 bridgehead atoms. The van der Waals surface area contributed by atoms with Gasteiger partial charge in [-0.3, -0.25) is 10.2 Å². The molecule has 2 atom stereocenters. The molecule has 0 saturated heterocycles. The first-order valence-electron chi connectivity index (χ1n) is 13.5. The number of aliphatic imine (C=N–C) groups is 1. The molecule has 3 aromatic carbocycles. The van der Waals surface area contributed by atoms with E-state index < -0.39 is 33.1 Å². The average molecular weight is 605 g/mol. The monoisotopic (exact) mass is 604 g/mol. The molecule has 0 aromatic heterocycles. The molecule has 1 aliphatic heterocycles. The number of nitrogens with zero attached hydrogens (tertiary/aromatic N) is 4. The Morgan fingerprint density at radius 3 is 2.56 bits per heavy atom. The molecule has 224 valence electrons. The highest BCUT2D eigenvalue weighted by Gasteiger charge is 2.54. The summed E-state index contributed by atoms with van der Waals surface area (Å²) < 4.78 is 38.7. The quantitative estimate of drug-likeness (QED) is 0.0578. The Labute approximate surface area is 249 Å². The number of carbonyl (C=O) groups excluding carboxylic acids is 1. The minimum absolute atomic E-state index is 0.00718. The van der Waals surface area contributed by atoms with Crippen molar-refractivity contribution in [3.05, 3.63) is 113 Å². The van der Waals surface area contributed by atoms with Crippen LogP contribution in [0.4, 0.5) is 5.69 Å². The van der Waals surface area contributed by atoms with Crippen LogP contribution in [0.3, 0.4) is 0 Å². The first-order valence-corrected chi connectivity index (χ1v) is 15.2. The van der Waals surface area contributed by atoms with Gasteiger partial charge in [0.1, 0.15) is 5.75 Å². The molecule has 0 spiro atoms. The molecule has 43 heavy (non-hydrogen) atoms. The van der Waals surface area contributed by atoms with E-state index in [0.717, 1.165) is 0 Å². The number of nitrogens with one attached hydrogen (secondary N) is 2. The summed E-state index contributed by atoms with van der Waals surface area (Å²) in [6.45, 7) is 4.22. The van der Waals surface area contributed by atoms with Crippen molar-refractivity contribution < 1.29 is 27.8 Å². The number of aliphatic hydroxyl groups is 1. The van der Waals surface area contributed by atoms with Crippen molar-refractivity contribution in [2.75, 3.05) is 25.5 Å². The highest BCUT2D eigenvalue weighted by molar-refractivity contribution is 7.91. The molecule has 0 radical (unpaired) electrons. The van der Waals surface area contributed by atoms with Crippen molar-refractivity contribution in [2.24, 2.45) is 10.1 Å². The fourth-order valence-electron chi connectivity index (χ4n) is 4.54. The Hall–Kier alpha value is -4.68. The lowest BCUT2D eigenvalue weighted by Crippen LogP contribution is -2.53. The van der Waals surface area contributed by atoms with Crippen LogP contribution in [0.5, 0.6) is 5.75 Å². The Bertz CT molecular complexity index is 1610. The van der Waals surface area contributed by atoms with Gasteiger partial charge in [-0.05, 0) is 41.9 Å². The third-order valence-corrected chi connectivity index (χ3v) is 8.44. The summed E-state index contributed by atoms with van der Waals surface area (Å²) in [4.78, 5) is 21.8. The van der Waals surface area contributed by atoms with Crippen LogP contribution in [0.1, 0.15) is 30.1 Å². The number of sulfone groups is 1. The van der Waals surface area contributed by atoms with Gasteiger partial charge in [-0.15, -0.1) is 6.58 Å². The maximum Gasteiger partial charge on any atom is 0.266 e. The van der Waals surface area contributed by atoms with Crippen LogP contribution in [0.2, 0.25) is 0 Å². The Morgan fingerprint density at radius 1 is 1.14 bits per heavy atom. The van der Waals surface area contributed by atoms with E-state index in [0.29, 0.717) is 29.9 Å². The molecule has 0 unspecified atom stereocenters. The van der Waals surface area contributed by atoms with E-state index >= 15 is 0 Å². The lowest BCUT2D eigenvalue weighted by Gasteiger charge is -2.31. The van der Waals surface area contributed by atoms with E-state index in [4.69, 9.17) is 19.6 Å². The third-order valence-electron chi connectivity index (χ3n) is 6.70. The van der Waals surface area contributed by atoms with Crippen molar-refractivity contribution in [2.45, 2.75) is 29.4 Å². The number of hydrazine groups is 1. The number of aliphatic hydroxyl groups excluding tert-OH is 1. The van der Waals surface area contributed by atoms with Crippen molar-refractivity contribution in [3.8, 4) is 5.75 Å². The molecule has 12 nitrogen and oxygen atoms in total. The Kier molecular flexibility index (Phi) is 10.5. The van der Waals surface area contributed by atoms with Crippen LogP contribution >= 0.6 is 0 Å². The fourth-order valence-corrected chi connectivity index (χ4v) is 5.93. The Balaban J connectivity index is 1.81. The number of rotatable bonds is 15. The lowest BCUT2D eigenvalue weighted by molar-refractivity contribution is -0.130. The van der Waals surface area contributed by atoms with Gasteiger partial charge in [-0.2, -0.15) is 0 Å². The number of hydrogen-bond donors (Lipinski definition) is 3. The molecule has 0 saturated carbocycles. The summed E-state index contributed by atoms with van der Waals surface area (Å²) in [5, 5.41) is 12.8. The van der Waals surface area contributed by atoms with Crippen molar-refractivity contribution in [1.82, 2.24) is 10.9 Å². The molecule has 13 heteroatoms. The zero-order valence-electron chi connectivity index (χ0n) is 23.3. The number of carbonyl (C=O) groups is 1. The van der Waals surface area contributed by atoms with Crippen LogP contribution in [-0.4, -0.2) is 56.4 Å². The Morgan fingerprint density at radius 2 is 1.86 bits per heavy atom. The van der Waals surface area contributed by atoms with Crippen LogP contribution in [0.25, 0.3) is 10.4 Å². The summed E-state index contributed by atoms with van der Waals surface area (Å²) in [6, 6.07) is 21.4. The van der Waals surface area contributed by atoms with Gasteiger partial charge >= 0.3 is 0 Å². The van der Waals surface area contributed by atoms with Gasteiger partial charge in [0.25, 0.3) is 5.91 Å². The molecule has 0 fully saturated rings. The normalized spacial score (nSPS) is 17.7. The second kappa shape index (κ2) is 14.5. The predicted molar refractivity (Wildman–Crippen MR) is 161 cm³/mol. The maximum atomic E-state index is 14.0. The third kappa shape index (κ3) is 7.40.